The van der Waals surface area contributed by atoms with Crippen molar-refractivity contribution in [3.63, 3.8) is 0 Å². The number of esters is 2. The molecule has 51 heavy (non-hydrogen) atoms. The topological polar surface area (TPSA) is 96.2 Å². The second-order valence-corrected chi connectivity index (χ2v) is 14.0. The van der Waals surface area contributed by atoms with E-state index in [-0.39, 0.29) is 18.1 Å². The molecule has 0 saturated heterocycles. The number of ether oxygens (including phenoxy) is 3. The Balaban J connectivity index is 1.38. The summed E-state index contributed by atoms with van der Waals surface area (Å²) in [6.45, 7) is 8.59. The third kappa shape index (κ3) is 7.82. The fraction of sp³-hybridized carbons (Fsp3) is 0.220. The highest BCUT2D eigenvalue weighted by Gasteiger charge is 2.35. The number of hydrogen-bond donors (Lipinski definition) is 0. The maximum Gasteiger partial charge on any atom is 0.338 e. The quantitative estimate of drug-likeness (QED) is 0.129. The summed E-state index contributed by atoms with van der Waals surface area (Å²) in [6.07, 6.45) is 1.82. The Bertz CT molecular complexity index is 2270. The average Bonchev–Trinajstić information content (AvgIpc) is 3.45. The maximum absolute atomic E-state index is 14.3. The van der Waals surface area contributed by atoms with Crippen LogP contribution in [0, 0.1) is 0 Å². The summed E-state index contributed by atoms with van der Waals surface area (Å²) in [7, 11) is 0. The van der Waals surface area contributed by atoms with Crippen LogP contribution in [0.1, 0.15) is 77.8 Å². The summed E-state index contributed by atoms with van der Waals surface area (Å²) in [4.78, 5) is 45.4. The molecule has 5 aromatic rings. The molecular formula is C41H37BrN2O6S. The lowest BCUT2D eigenvalue weighted by Crippen LogP contribution is -2.40. The molecule has 0 N–H and O–H groups in total. The fourth-order valence-corrected chi connectivity index (χ4v) is 7.32. The molecule has 1 aliphatic heterocycles. The van der Waals surface area contributed by atoms with Crippen molar-refractivity contribution in [2.45, 2.75) is 46.3 Å². The molecule has 0 aliphatic carbocycles. The largest absolute Gasteiger partial charge is 0.488 e. The molecule has 1 aliphatic rings. The molecule has 2 heterocycles. The summed E-state index contributed by atoms with van der Waals surface area (Å²) in [5.41, 5.74) is 5.41. The van der Waals surface area contributed by atoms with Crippen molar-refractivity contribution < 1.29 is 23.8 Å². The van der Waals surface area contributed by atoms with Crippen molar-refractivity contribution in [2.24, 2.45) is 4.99 Å². The normalized spacial score (nSPS) is 14.2. The molecule has 1 atom stereocenters. The van der Waals surface area contributed by atoms with Gasteiger partial charge in [-0.15, -0.1) is 0 Å². The number of hydrogen-bond acceptors (Lipinski definition) is 8. The van der Waals surface area contributed by atoms with Gasteiger partial charge in [-0.25, -0.2) is 14.6 Å². The Labute approximate surface area is 308 Å². The zero-order valence-corrected chi connectivity index (χ0v) is 31.1. The molecule has 0 bridgehead atoms. The van der Waals surface area contributed by atoms with Crippen LogP contribution in [0.3, 0.4) is 0 Å². The molecule has 260 valence electrons. The number of benzene rings is 4. The molecule has 6 rings (SSSR count). The van der Waals surface area contributed by atoms with Gasteiger partial charge in [0.25, 0.3) is 5.56 Å². The van der Waals surface area contributed by atoms with Gasteiger partial charge in [-0.3, -0.25) is 9.36 Å². The van der Waals surface area contributed by atoms with Gasteiger partial charge in [0.15, 0.2) is 4.80 Å². The number of fused-ring (bicyclic) bond motifs is 1. The third-order valence-electron chi connectivity index (χ3n) is 8.41. The molecule has 8 nitrogen and oxygen atoms in total. The van der Waals surface area contributed by atoms with Crippen LogP contribution in [0.5, 0.6) is 5.75 Å². The van der Waals surface area contributed by atoms with Gasteiger partial charge < -0.3 is 14.2 Å². The zero-order valence-electron chi connectivity index (χ0n) is 28.7. The number of nitrogens with zero attached hydrogens (tertiary/aromatic N) is 2. The van der Waals surface area contributed by atoms with Crippen LogP contribution < -0.4 is 19.6 Å². The molecule has 0 unspecified atom stereocenters. The van der Waals surface area contributed by atoms with Gasteiger partial charge >= 0.3 is 11.9 Å². The van der Waals surface area contributed by atoms with Crippen molar-refractivity contribution in [3.8, 4) is 5.75 Å². The summed E-state index contributed by atoms with van der Waals surface area (Å²) < 4.78 is 19.5. The van der Waals surface area contributed by atoms with Crippen LogP contribution in [-0.4, -0.2) is 29.7 Å². The predicted molar refractivity (Wildman–Crippen MR) is 202 cm³/mol. The van der Waals surface area contributed by atoms with E-state index in [1.54, 1.807) is 30.5 Å². The molecule has 0 saturated carbocycles. The minimum absolute atomic E-state index is 0.185. The standard InChI is InChI=1S/C41H37BrN2O6S/c1-5-48-39(46)31-15-12-26(13-16-31)24-50-33-21-14-27(22-32(33)42)23-34-38(45)44-37(30-19-17-28(18-20-30)25(3)4)35(40(47)49-6-2)36(43-41(44)51-34)29-10-8-7-9-11-29/h7-23,25,37H,5-6,24H2,1-4H3/b34-23-/t37-/m1/s1. The highest BCUT2D eigenvalue weighted by Crippen LogP contribution is 2.36. The van der Waals surface area contributed by atoms with Gasteiger partial charge in [0.1, 0.15) is 12.4 Å². The van der Waals surface area contributed by atoms with Gasteiger partial charge in [-0.2, -0.15) is 0 Å². The van der Waals surface area contributed by atoms with Crippen molar-refractivity contribution in [2.75, 3.05) is 13.2 Å². The van der Waals surface area contributed by atoms with E-state index >= 15 is 0 Å². The van der Waals surface area contributed by atoms with Crippen LogP contribution in [0.15, 0.2) is 117 Å². The first kappa shape index (κ1) is 35.8. The predicted octanol–water partition coefficient (Wildman–Crippen LogP) is 7.58. The number of thiazole rings is 1. The Morgan fingerprint density at radius 1 is 0.902 bits per heavy atom. The van der Waals surface area contributed by atoms with Gasteiger partial charge in [0.05, 0.1) is 45.1 Å². The molecule has 10 heteroatoms. The lowest BCUT2D eigenvalue weighted by molar-refractivity contribution is -0.138. The highest BCUT2D eigenvalue weighted by atomic mass is 79.9. The van der Waals surface area contributed by atoms with E-state index in [0.717, 1.165) is 27.8 Å². The SMILES string of the molecule is CCOC(=O)C1=C(c2ccccc2)N=c2s/c(=C\c3ccc(OCc4ccc(C(=O)OCC)cc4)c(Br)c3)c(=O)n2[C@@H]1c1ccc(C(C)C)cc1. The fourth-order valence-electron chi connectivity index (χ4n) is 5.81. The number of carbonyl (C=O) groups is 2. The maximum atomic E-state index is 14.3. The molecule has 4 aromatic carbocycles. The summed E-state index contributed by atoms with van der Waals surface area (Å²) >= 11 is 4.90. The molecule has 0 spiro atoms. The van der Waals surface area contributed by atoms with Crippen LogP contribution in [0.25, 0.3) is 11.8 Å². The zero-order chi connectivity index (χ0) is 36.1. The van der Waals surface area contributed by atoms with Gasteiger partial charge in [0.2, 0.25) is 0 Å². The number of halogens is 1. The minimum atomic E-state index is -0.743. The Morgan fingerprint density at radius 2 is 1.59 bits per heavy atom. The van der Waals surface area contributed by atoms with E-state index in [9.17, 15) is 14.4 Å². The van der Waals surface area contributed by atoms with Crippen LogP contribution in [0.2, 0.25) is 0 Å². The second kappa shape index (κ2) is 15.9. The lowest BCUT2D eigenvalue weighted by atomic mass is 9.91. The molecule has 0 radical (unpaired) electrons. The number of aromatic nitrogens is 1. The van der Waals surface area contributed by atoms with Gasteiger partial charge in [-0.05, 0) is 88.3 Å². The van der Waals surface area contributed by atoms with Gasteiger partial charge in [-0.1, -0.05) is 98.0 Å². The summed E-state index contributed by atoms with van der Waals surface area (Å²) in [5, 5.41) is 0. The van der Waals surface area contributed by atoms with Crippen LogP contribution >= 0.6 is 27.3 Å². The van der Waals surface area contributed by atoms with Gasteiger partial charge in [0, 0.05) is 5.56 Å². The molecule has 1 aromatic heterocycles. The minimum Gasteiger partial charge on any atom is -0.488 e. The average molecular weight is 766 g/mol. The first-order valence-electron chi connectivity index (χ1n) is 16.7. The van der Waals surface area contributed by atoms with E-state index in [2.05, 4.69) is 29.8 Å². The summed E-state index contributed by atoms with van der Waals surface area (Å²) in [6, 6.07) is 29.5. The third-order valence-corrected chi connectivity index (χ3v) is 10.0. The number of carbonyl (C=O) groups excluding carboxylic acids is 2. The van der Waals surface area contributed by atoms with Crippen molar-refractivity contribution in [1.29, 1.82) is 0 Å². The van der Waals surface area contributed by atoms with E-state index in [0.29, 0.717) is 55.5 Å². The van der Waals surface area contributed by atoms with Crippen molar-refractivity contribution >= 4 is 51.0 Å². The lowest BCUT2D eigenvalue weighted by Gasteiger charge is -2.26. The second-order valence-electron chi connectivity index (χ2n) is 12.1. The van der Waals surface area contributed by atoms with E-state index in [1.165, 1.54) is 11.3 Å². The van der Waals surface area contributed by atoms with Crippen molar-refractivity contribution in [3.05, 3.63) is 160 Å². The highest BCUT2D eigenvalue weighted by molar-refractivity contribution is 9.10. The first-order valence-corrected chi connectivity index (χ1v) is 18.4. The Morgan fingerprint density at radius 3 is 2.24 bits per heavy atom. The van der Waals surface area contributed by atoms with Crippen LogP contribution in [0.4, 0.5) is 0 Å². The van der Waals surface area contributed by atoms with Crippen molar-refractivity contribution in [1.82, 2.24) is 4.57 Å². The molecule has 0 amide bonds. The summed E-state index contributed by atoms with van der Waals surface area (Å²) in [5.74, 6) is 0.0744. The van der Waals surface area contributed by atoms with E-state index in [1.807, 2.05) is 91.0 Å². The van der Waals surface area contributed by atoms with Crippen LogP contribution in [-0.2, 0) is 20.9 Å². The first-order chi connectivity index (χ1) is 24.7. The molecule has 0 fully saturated rings. The Hall–Kier alpha value is -5.06. The smallest absolute Gasteiger partial charge is 0.338 e. The van der Waals surface area contributed by atoms with E-state index < -0.39 is 12.0 Å². The Kier molecular flexibility index (Phi) is 11.1. The monoisotopic (exact) mass is 764 g/mol. The van der Waals surface area contributed by atoms with E-state index in [4.69, 9.17) is 19.2 Å². The number of rotatable bonds is 11. The molecular weight excluding hydrogens is 728 g/mol.